The molecule has 1 aliphatic heterocycles. The van der Waals surface area contributed by atoms with Crippen LogP contribution >= 0.6 is 0 Å². The van der Waals surface area contributed by atoms with Gasteiger partial charge in [0.05, 0.1) is 27.5 Å². The van der Waals surface area contributed by atoms with Gasteiger partial charge in [-0.2, -0.15) is 5.10 Å². The average molecular weight is 425 g/mol. The highest BCUT2D eigenvalue weighted by molar-refractivity contribution is 5.95. The van der Waals surface area contributed by atoms with Gasteiger partial charge in [0.2, 0.25) is 5.91 Å². The number of amides is 2. The molecule has 2 aromatic rings. The van der Waals surface area contributed by atoms with Crippen LogP contribution in [0.25, 0.3) is 0 Å². The zero-order valence-electron chi connectivity index (χ0n) is 18.0. The number of ether oxygens (including phenoxy) is 3. The molecular weight excluding hydrogens is 398 g/mol. The van der Waals surface area contributed by atoms with E-state index in [4.69, 9.17) is 14.2 Å². The number of benzene rings is 2. The zero-order valence-corrected chi connectivity index (χ0v) is 18.0. The first kappa shape index (κ1) is 22.1. The molecule has 0 aromatic heterocycles. The van der Waals surface area contributed by atoms with E-state index in [9.17, 15) is 9.59 Å². The van der Waals surface area contributed by atoms with Crippen LogP contribution in [0.2, 0.25) is 0 Å². The molecule has 164 valence electrons. The number of carbonyl (C=O) groups is 2. The molecule has 1 aliphatic rings. The number of methoxy groups -OCH3 is 3. The summed E-state index contributed by atoms with van der Waals surface area (Å²) >= 11 is 0. The molecular formula is C23H27N3O5. The standard InChI is InChI=1S/C23H27N3O5/c1-29-19-6-4-5-16(13-19)15-24-25-22(27)17-9-11-26(12-10-17)23(28)18-7-8-20(30-2)21(14-18)31-3/h4-8,13-15,17H,9-12H2,1-3H3,(H,25,27)/b24-15-. The zero-order chi connectivity index (χ0) is 22.2. The van der Waals surface area contributed by atoms with Crippen molar-refractivity contribution in [1.82, 2.24) is 10.3 Å². The van der Waals surface area contributed by atoms with E-state index in [0.717, 1.165) is 11.3 Å². The van der Waals surface area contributed by atoms with Crippen molar-refractivity contribution < 1.29 is 23.8 Å². The Labute approximate surface area is 181 Å². The van der Waals surface area contributed by atoms with Gasteiger partial charge >= 0.3 is 0 Å². The molecule has 0 spiro atoms. The number of carbonyl (C=O) groups excluding carboxylic acids is 2. The monoisotopic (exact) mass is 425 g/mol. The Hall–Kier alpha value is -3.55. The van der Waals surface area contributed by atoms with E-state index in [1.54, 1.807) is 43.5 Å². The predicted octanol–water partition coefficient (Wildman–Crippen LogP) is 2.71. The first-order valence-electron chi connectivity index (χ1n) is 10.0. The van der Waals surface area contributed by atoms with Crippen LogP contribution in [-0.2, 0) is 4.79 Å². The van der Waals surface area contributed by atoms with Gasteiger partial charge in [-0.15, -0.1) is 0 Å². The minimum Gasteiger partial charge on any atom is -0.497 e. The maximum atomic E-state index is 12.8. The first-order valence-corrected chi connectivity index (χ1v) is 10.0. The van der Waals surface area contributed by atoms with Gasteiger partial charge in [-0.25, -0.2) is 5.43 Å². The third kappa shape index (κ3) is 5.53. The smallest absolute Gasteiger partial charge is 0.253 e. The van der Waals surface area contributed by atoms with Crippen LogP contribution in [0.5, 0.6) is 17.2 Å². The lowest BCUT2D eigenvalue weighted by Crippen LogP contribution is -2.42. The minimum atomic E-state index is -0.183. The summed E-state index contributed by atoms with van der Waals surface area (Å²) in [6.45, 7) is 1.01. The molecule has 2 aromatic carbocycles. The maximum absolute atomic E-state index is 12.8. The van der Waals surface area contributed by atoms with Gasteiger partial charge < -0.3 is 19.1 Å². The number of hydrazone groups is 1. The summed E-state index contributed by atoms with van der Waals surface area (Å²) in [6, 6.07) is 12.5. The van der Waals surface area contributed by atoms with Crippen molar-refractivity contribution in [1.29, 1.82) is 0 Å². The lowest BCUT2D eigenvalue weighted by molar-refractivity contribution is -0.126. The van der Waals surface area contributed by atoms with E-state index in [0.29, 0.717) is 43.0 Å². The van der Waals surface area contributed by atoms with Crippen molar-refractivity contribution in [2.24, 2.45) is 11.0 Å². The fraction of sp³-hybridized carbons (Fsp3) is 0.348. The molecule has 1 N–H and O–H groups in total. The number of rotatable bonds is 7. The Bertz CT molecular complexity index is 952. The summed E-state index contributed by atoms with van der Waals surface area (Å²) in [5.41, 5.74) is 3.96. The van der Waals surface area contributed by atoms with E-state index in [1.165, 1.54) is 7.11 Å². The van der Waals surface area contributed by atoms with Crippen molar-refractivity contribution in [2.75, 3.05) is 34.4 Å². The summed E-state index contributed by atoms with van der Waals surface area (Å²) in [5.74, 6) is 1.40. The number of hydrogen-bond acceptors (Lipinski definition) is 6. The molecule has 1 fully saturated rings. The van der Waals surface area contributed by atoms with Gasteiger partial charge in [0.1, 0.15) is 5.75 Å². The molecule has 0 bridgehead atoms. The number of likely N-dealkylation sites (tertiary alicyclic amines) is 1. The molecule has 3 rings (SSSR count). The molecule has 0 unspecified atom stereocenters. The molecule has 0 aliphatic carbocycles. The molecule has 1 saturated heterocycles. The highest BCUT2D eigenvalue weighted by Gasteiger charge is 2.28. The highest BCUT2D eigenvalue weighted by Crippen LogP contribution is 2.29. The van der Waals surface area contributed by atoms with Gasteiger partial charge in [-0.05, 0) is 48.7 Å². The Balaban J connectivity index is 1.52. The summed E-state index contributed by atoms with van der Waals surface area (Å²) < 4.78 is 15.7. The summed E-state index contributed by atoms with van der Waals surface area (Å²) in [4.78, 5) is 27.0. The van der Waals surface area contributed by atoms with E-state index in [1.807, 2.05) is 24.3 Å². The molecule has 0 saturated carbocycles. The molecule has 0 atom stereocenters. The quantitative estimate of drug-likeness (QED) is 0.544. The van der Waals surface area contributed by atoms with Crippen LogP contribution in [0.1, 0.15) is 28.8 Å². The second kappa shape index (κ2) is 10.5. The third-order valence-electron chi connectivity index (χ3n) is 5.27. The van der Waals surface area contributed by atoms with Crippen LogP contribution in [-0.4, -0.2) is 57.3 Å². The van der Waals surface area contributed by atoms with Gasteiger partial charge in [0.25, 0.3) is 5.91 Å². The van der Waals surface area contributed by atoms with E-state index < -0.39 is 0 Å². The summed E-state index contributed by atoms with van der Waals surface area (Å²) in [6.07, 6.45) is 2.75. The Morgan fingerprint density at radius 3 is 2.42 bits per heavy atom. The van der Waals surface area contributed by atoms with Crippen LogP contribution < -0.4 is 19.6 Å². The summed E-state index contributed by atoms with van der Waals surface area (Å²) in [5, 5.41) is 4.04. The van der Waals surface area contributed by atoms with Crippen LogP contribution in [0.15, 0.2) is 47.6 Å². The predicted molar refractivity (Wildman–Crippen MR) is 117 cm³/mol. The van der Waals surface area contributed by atoms with E-state index in [-0.39, 0.29) is 17.7 Å². The SMILES string of the molecule is COc1cccc(/C=N\NC(=O)C2CCN(C(=O)c3ccc(OC)c(OC)c3)CC2)c1. The molecule has 8 heteroatoms. The number of nitrogens with zero attached hydrogens (tertiary/aromatic N) is 2. The Kier molecular flexibility index (Phi) is 7.48. The van der Waals surface area contributed by atoms with Crippen molar-refractivity contribution in [3.05, 3.63) is 53.6 Å². The Morgan fingerprint density at radius 1 is 1.00 bits per heavy atom. The summed E-state index contributed by atoms with van der Waals surface area (Å²) in [7, 11) is 4.68. The first-order chi connectivity index (χ1) is 15.0. The topological polar surface area (TPSA) is 89.5 Å². The molecule has 31 heavy (non-hydrogen) atoms. The number of nitrogens with one attached hydrogen (secondary N) is 1. The third-order valence-corrected chi connectivity index (χ3v) is 5.27. The number of hydrogen-bond donors (Lipinski definition) is 1. The van der Waals surface area contributed by atoms with Crippen LogP contribution in [0.4, 0.5) is 0 Å². The van der Waals surface area contributed by atoms with E-state index >= 15 is 0 Å². The van der Waals surface area contributed by atoms with Gasteiger partial charge in [-0.1, -0.05) is 12.1 Å². The van der Waals surface area contributed by atoms with Crippen molar-refractivity contribution in [3.63, 3.8) is 0 Å². The second-order valence-electron chi connectivity index (χ2n) is 7.15. The molecule has 8 nitrogen and oxygen atoms in total. The van der Waals surface area contributed by atoms with Crippen molar-refractivity contribution in [2.45, 2.75) is 12.8 Å². The van der Waals surface area contributed by atoms with E-state index in [2.05, 4.69) is 10.5 Å². The minimum absolute atomic E-state index is 0.0872. The van der Waals surface area contributed by atoms with Gasteiger partial charge in [0, 0.05) is 24.6 Å². The maximum Gasteiger partial charge on any atom is 0.253 e. The van der Waals surface area contributed by atoms with Gasteiger partial charge in [0.15, 0.2) is 11.5 Å². The molecule has 0 radical (unpaired) electrons. The normalized spacial score (nSPS) is 14.4. The largest absolute Gasteiger partial charge is 0.497 e. The molecule has 1 heterocycles. The van der Waals surface area contributed by atoms with Gasteiger partial charge in [-0.3, -0.25) is 9.59 Å². The van der Waals surface area contributed by atoms with Crippen molar-refractivity contribution in [3.8, 4) is 17.2 Å². The highest BCUT2D eigenvalue weighted by atomic mass is 16.5. The lowest BCUT2D eigenvalue weighted by atomic mass is 9.95. The lowest BCUT2D eigenvalue weighted by Gasteiger charge is -2.31. The Morgan fingerprint density at radius 2 is 1.74 bits per heavy atom. The van der Waals surface area contributed by atoms with Crippen molar-refractivity contribution >= 4 is 18.0 Å². The average Bonchev–Trinajstić information content (AvgIpc) is 2.83. The van der Waals surface area contributed by atoms with Crippen LogP contribution in [0.3, 0.4) is 0 Å². The fourth-order valence-corrected chi connectivity index (χ4v) is 3.48. The molecule has 2 amide bonds. The fourth-order valence-electron chi connectivity index (χ4n) is 3.48. The number of piperidine rings is 1. The van der Waals surface area contributed by atoms with Crippen LogP contribution in [0, 0.1) is 5.92 Å². The second-order valence-corrected chi connectivity index (χ2v) is 7.15.